The number of hydrogen-bond acceptors (Lipinski definition) is 7. The highest BCUT2D eigenvalue weighted by Crippen LogP contribution is 2.48. The number of benzene rings is 4. The Kier molecular flexibility index (Phi) is 9.54. The molecule has 10 heteroatoms. The van der Waals surface area contributed by atoms with Crippen molar-refractivity contribution in [3.63, 3.8) is 0 Å². The maximum Gasteiger partial charge on any atom is 0.255 e. The number of carbonyl (C=O) groups is 3. The van der Waals surface area contributed by atoms with Gasteiger partial charge in [-0.1, -0.05) is 42.5 Å². The molecule has 3 amide bonds. The number of imide groups is 1. The molecule has 5 aliphatic rings. The van der Waals surface area contributed by atoms with Crippen molar-refractivity contribution in [2.24, 2.45) is 5.92 Å². The van der Waals surface area contributed by atoms with Gasteiger partial charge in [0.25, 0.3) is 5.91 Å². The van der Waals surface area contributed by atoms with Gasteiger partial charge in [-0.3, -0.25) is 24.6 Å². The average molecular weight is 742 g/mol. The Morgan fingerprint density at radius 3 is 2.20 bits per heavy atom. The molecule has 9 rings (SSSR count). The van der Waals surface area contributed by atoms with E-state index in [4.69, 9.17) is 0 Å². The molecular formula is C45H48FN5O4. The molecule has 0 bridgehead atoms. The summed E-state index contributed by atoms with van der Waals surface area (Å²) in [5, 5.41) is 12.6. The molecule has 1 unspecified atom stereocenters. The minimum absolute atomic E-state index is 0.116. The third kappa shape index (κ3) is 6.97. The summed E-state index contributed by atoms with van der Waals surface area (Å²) in [5.41, 5.74) is 7.78. The molecule has 0 spiro atoms. The van der Waals surface area contributed by atoms with Gasteiger partial charge in [-0.2, -0.15) is 0 Å². The number of piperazine rings is 1. The Hall–Kier alpha value is -5.22. The molecule has 9 nitrogen and oxygen atoms in total. The third-order valence-corrected chi connectivity index (χ3v) is 12.9. The van der Waals surface area contributed by atoms with Crippen LogP contribution >= 0.6 is 0 Å². The molecule has 3 saturated heterocycles. The van der Waals surface area contributed by atoms with Crippen molar-refractivity contribution in [3.05, 3.63) is 124 Å². The smallest absolute Gasteiger partial charge is 0.255 e. The molecule has 4 aliphatic heterocycles. The number of rotatable bonds is 7. The number of fused-ring (bicyclic) bond motifs is 2. The van der Waals surface area contributed by atoms with E-state index in [0.29, 0.717) is 24.4 Å². The summed E-state index contributed by atoms with van der Waals surface area (Å²) in [7, 11) is 0. The molecule has 3 atom stereocenters. The van der Waals surface area contributed by atoms with Crippen LogP contribution in [0.2, 0.25) is 0 Å². The summed E-state index contributed by atoms with van der Waals surface area (Å²) in [4.78, 5) is 46.1. The van der Waals surface area contributed by atoms with Crippen molar-refractivity contribution in [2.45, 2.75) is 62.9 Å². The Labute approximate surface area is 321 Å². The van der Waals surface area contributed by atoms with Gasteiger partial charge in [0.2, 0.25) is 11.8 Å². The third-order valence-electron chi connectivity index (χ3n) is 12.9. The molecule has 3 fully saturated rings. The minimum atomic E-state index is -0.603. The van der Waals surface area contributed by atoms with Crippen LogP contribution in [-0.4, -0.2) is 84.5 Å². The lowest BCUT2D eigenvalue weighted by Crippen LogP contribution is -2.52. The Morgan fingerprint density at radius 1 is 0.709 bits per heavy atom. The average Bonchev–Trinajstić information content (AvgIpc) is 3.53. The van der Waals surface area contributed by atoms with Crippen LogP contribution in [0.4, 0.5) is 15.8 Å². The van der Waals surface area contributed by atoms with Crippen LogP contribution in [0, 0.1) is 11.7 Å². The first-order valence-corrected chi connectivity index (χ1v) is 19.9. The number of nitrogens with zero attached hydrogens (tertiary/aromatic N) is 4. The lowest BCUT2D eigenvalue weighted by molar-refractivity contribution is -0.136. The zero-order valence-corrected chi connectivity index (χ0v) is 31.1. The van der Waals surface area contributed by atoms with E-state index in [-0.39, 0.29) is 47.5 Å². The molecule has 0 saturated carbocycles. The monoisotopic (exact) mass is 741 g/mol. The van der Waals surface area contributed by atoms with Crippen LogP contribution in [0.15, 0.2) is 84.9 Å². The predicted octanol–water partition coefficient (Wildman–Crippen LogP) is 6.19. The Balaban J connectivity index is 0.794. The number of hydrogen-bond donors (Lipinski definition) is 2. The van der Waals surface area contributed by atoms with Crippen molar-refractivity contribution < 1.29 is 23.9 Å². The Morgan fingerprint density at radius 2 is 1.44 bits per heavy atom. The highest BCUT2D eigenvalue weighted by molar-refractivity contribution is 6.05. The number of aromatic hydroxyl groups is 1. The summed E-state index contributed by atoms with van der Waals surface area (Å²) >= 11 is 0. The molecule has 55 heavy (non-hydrogen) atoms. The van der Waals surface area contributed by atoms with Crippen molar-refractivity contribution in [1.29, 1.82) is 0 Å². The van der Waals surface area contributed by atoms with Gasteiger partial charge in [-0.25, -0.2) is 4.39 Å². The van der Waals surface area contributed by atoms with E-state index in [2.05, 4.69) is 56.4 Å². The molecule has 4 heterocycles. The predicted molar refractivity (Wildman–Crippen MR) is 210 cm³/mol. The van der Waals surface area contributed by atoms with Crippen molar-refractivity contribution in [3.8, 4) is 5.75 Å². The number of amides is 3. The topological polar surface area (TPSA) is 96.4 Å². The molecule has 4 aromatic carbocycles. The van der Waals surface area contributed by atoms with Crippen molar-refractivity contribution >= 4 is 29.1 Å². The first-order chi connectivity index (χ1) is 26.8. The fourth-order valence-electron chi connectivity index (χ4n) is 9.90. The van der Waals surface area contributed by atoms with Crippen LogP contribution in [0.5, 0.6) is 5.75 Å². The normalized spacial score (nSPS) is 23.5. The van der Waals surface area contributed by atoms with Crippen LogP contribution < -0.4 is 15.1 Å². The van der Waals surface area contributed by atoms with Gasteiger partial charge in [-0.15, -0.1) is 0 Å². The van der Waals surface area contributed by atoms with Crippen LogP contribution in [-0.2, 0) is 22.6 Å². The quantitative estimate of drug-likeness (QED) is 0.218. The van der Waals surface area contributed by atoms with E-state index in [9.17, 15) is 19.5 Å². The number of nitrogens with one attached hydrogen (secondary N) is 1. The highest BCUT2D eigenvalue weighted by atomic mass is 19.1. The second-order valence-corrected chi connectivity index (χ2v) is 16.1. The number of halogens is 1. The van der Waals surface area contributed by atoms with E-state index in [1.54, 1.807) is 17.0 Å². The van der Waals surface area contributed by atoms with Crippen LogP contribution in [0.25, 0.3) is 0 Å². The van der Waals surface area contributed by atoms with Crippen molar-refractivity contribution in [2.75, 3.05) is 55.6 Å². The second kappa shape index (κ2) is 14.8. The van der Waals surface area contributed by atoms with E-state index < -0.39 is 6.04 Å². The largest absolute Gasteiger partial charge is 0.508 e. The molecule has 4 aromatic rings. The maximum atomic E-state index is 16.3. The van der Waals surface area contributed by atoms with Gasteiger partial charge in [0.05, 0.1) is 0 Å². The summed E-state index contributed by atoms with van der Waals surface area (Å²) in [6.07, 6.45) is 4.52. The lowest BCUT2D eigenvalue weighted by Gasteiger charge is -2.40. The SMILES string of the molecule is O=C1CCC(N2Cc3cc(N4CCN(CC5CCN(c6ccc([C@@H]7c8ccc(O)cc8CC[C@@H]7c7ccccc7)c(F)c6)CC5)CC4)ccc3C2=O)C(=O)N1. The number of piperidine rings is 2. The van der Waals surface area contributed by atoms with Gasteiger partial charge in [0.15, 0.2) is 0 Å². The molecule has 0 radical (unpaired) electrons. The van der Waals surface area contributed by atoms with Gasteiger partial charge < -0.3 is 19.8 Å². The standard InChI is InChI=1S/C45H48FN5O4/c46-40-26-34(8-12-39(40)43-36(30-4-2-1-3-5-30)10-6-31-25-35(52)9-13-37(31)43)49-18-16-29(17-19-49)27-48-20-22-50(23-21-48)33-7-11-38-32(24-33)28-51(45(38)55)41-14-15-42(53)47-44(41)54/h1-5,7-9,11-13,24-26,29,36,41,43,52H,6,10,14-23,27-28H2,(H,47,53,54)/t36-,41?,43+/m1/s1. The van der Waals surface area contributed by atoms with Gasteiger partial charge in [0, 0.05) is 81.6 Å². The van der Waals surface area contributed by atoms with Gasteiger partial charge >= 0.3 is 0 Å². The van der Waals surface area contributed by atoms with Gasteiger partial charge in [-0.05, 0) is 114 Å². The number of phenols is 1. The summed E-state index contributed by atoms with van der Waals surface area (Å²) in [6, 6.07) is 27.3. The first-order valence-electron chi connectivity index (χ1n) is 19.9. The van der Waals surface area contributed by atoms with Crippen molar-refractivity contribution in [1.82, 2.24) is 15.1 Å². The zero-order valence-electron chi connectivity index (χ0n) is 31.1. The van der Waals surface area contributed by atoms with Gasteiger partial charge in [0.1, 0.15) is 17.6 Å². The summed E-state index contributed by atoms with van der Waals surface area (Å²) in [5.74, 6) is -0.0663. The number of carbonyl (C=O) groups excluding carboxylic acids is 3. The molecule has 2 N–H and O–H groups in total. The molecule has 284 valence electrons. The van der Waals surface area contributed by atoms with E-state index in [1.165, 1.54) is 5.56 Å². The highest BCUT2D eigenvalue weighted by Gasteiger charge is 2.39. The lowest BCUT2D eigenvalue weighted by atomic mass is 9.69. The fraction of sp³-hybridized carbons (Fsp3) is 0.400. The maximum absolute atomic E-state index is 16.3. The summed E-state index contributed by atoms with van der Waals surface area (Å²) in [6.45, 7) is 7.03. The summed E-state index contributed by atoms with van der Waals surface area (Å²) < 4.78 is 16.3. The van der Waals surface area contributed by atoms with E-state index >= 15 is 4.39 Å². The van der Waals surface area contributed by atoms with Crippen LogP contribution in [0.3, 0.4) is 0 Å². The number of anilines is 2. The molecular weight excluding hydrogens is 694 g/mol. The minimum Gasteiger partial charge on any atom is -0.508 e. The second-order valence-electron chi connectivity index (χ2n) is 16.1. The number of aryl methyl sites for hydroxylation is 1. The van der Waals surface area contributed by atoms with E-state index in [0.717, 1.165) is 105 Å². The first kappa shape index (κ1) is 35.5. The zero-order chi connectivity index (χ0) is 37.6. The fourth-order valence-corrected chi connectivity index (χ4v) is 9.90. The Bertz CT molecular complexity index is 2110. The molecule has 1 aliphatic carbocycles. The molecule has 0 aromatic heterocycles. The number of phenolic OH excluding ortho intramolecular Hbond substituents is 1. The van der Waals surface area contributed by atoms with E-state index in [1.807, 2.05) is 36.4 Å². The van der Waals surface area contributed by atoms with Crippen LogP contribution in [0.1, 0.15) is 82.1 Å².